The predicted molar refractivity (Wildman–Crippen MR) is 76.2 cm³/mol. The highest BCUT2D eigenvalue weighted by Gasteiger charge is 2.33. The van der Waals surface area contributed by atoms with Crippen LogP contribution < -0.4 is 11.1 Å². The smallest absolute Gasteiger partial charge is 0.398 e. The molecule has 0 bridgehead atoms. The number of anilines is 2. The molecule has 1 fully saturated rings. The number of thioether (sulfide) groups is 1. The zero-order valence-electron chi connectivity index (χ0n) is 11.1. The molecule has 0 spiro atoms. The van der Waals surface area contributed by atoms with E-state index in [2.05, 4.69) is 5.32 Å². The van der Waals surface area contributed by atoms with Crippen LogP contribution in [0.4, 0.5) is 24.5 Å². The van der Waals surface area contributed by atoms with Crippen LogP contribution in [0, 0.1) is 0 Å². The van der Waals surface area contributed by atoms with Gasteiger partial charge in [-0.3, -0.25) is 4.79 Å². The molecule has 0 aromatic heterocycles. The van der Waals surface area contributed by atoms with Crippen molar-refractivity contribution in [3.8, 4) is 0 Å². The summed E-state index contributed by atoms with van der Waals surface area (Å²) in [7, 11) is 0. The van der Waals surface area contributed by atoms with Crippen molar-refractivity contribution in [2.24, 2.45) is 0 Å². The lowest BCUT2D eigenvalue weighted by molar-refractivity contribution is -0.136. The number of nitrogen functional groups attached to an aromatic ring is 1. The van der Waals surface area contributed by atoms with E-state index in [0.717, 1.165) is 12.1 Å². The first-order chi connectivity index (χ1) is 9.86. The Morgan fingerprint density at radius 2 is 2.14 bits per heavy atom. The highest BCUT2D eigenvalue weighted by Crippen LogP contribution is 2.35. The molecule has 4 nitrogen and oxygen atoms in total. The van der Waals surface area contributed by atoms with E-state index in [4.69, 9.17) is 10.5 Å². The molecule has 2 rings (SSSR count). The summed E-state index contributed by atoms with van der Waals surface area (Å²) in [5, 5.41) is 2.87. The Morgan fingerprint density at radius 3 is 2.71 bits per heavy atom. The van der Waals surface area contributed by atoms with Gasteiger partial charge in [-0.2, -0.15) is 24.9 Å². The highest BCUT2D eigenvalue weighted by molar-refractivity contribution is 8.00. The summed E-state index contributed by atoms with van der Waals surface area (Å²) in [6, 6.07) is 3.34. The summed E-state index contributed by atoms with van der Waals surface area (Å²) in [6.45, 7) is 1.39. The Balaban J connectivity index is 1.88. The largest absolute Gasteiger partial charge is 0.418 e. The number of nitrogens with two attached hydrogens (primary N) is 1. The fraction of sp³-hybridized carbons (Fsp3) is 0.462. The third kappa shape index (κ3) is 4.53. The Kier molecular flexibility index (Phi) is 5.00. The Morgan fingerprint density at radius 1 is 1.43 bits per heavy atom. The molecule has 1 aromatic carbocycles. The van der Waals surface area contributed by atoms with Crippen LogP contribution >= 0.6 is 11.8 Å². The van der Waals surface area contributed by atoms with Crippen molar-refractivity contribution in [3.05, 3.63) is 23.8 Å². The molecule has 1 aromatic rings. The minimum Gasteiger partial charge on any atom is -0.398 e. The first kappa shape index (κ1) is 16.0. The standard InChI is InChI=1S/C13H15F3N2O2S/c14-13(15,16)10-5-8(1-2-11(10)17)18-12(19)3-4-21-9-6-20-7-9/h1-2,5,9H,3-4,6-7,17H2,(H,18,19). The van der Waals surface area contributed by atoms with Crippen LogP contribution in [0.2, 0.25) is 0 Å². The van der Waals surface area contributed by atoms with E-state index in [1.807, 2.05) is 0 Å². The summed E-state index contributed by atoms with van der Waals surface area (Å²) >= 11 is 1.63. The van der Waals surface area contributed by atoms with Gasteiger partial charge in [-0.1, -0.05) is 0 Å². The monoisotopic (exact) mass is 320 g/mol. The number of carbonyl (C=O) groups is 1. The molecule has 1 saturated heterocycles. The molecule has 0 saturated carbocycles. The Labute approximate surface area is 124 Å². The van der Waals surface area contributed by atoms with Gasteiger partial charge < -0.3 is 15.8 Å². The zero-order valence-corrected chi connectivity index (χ0v) is 11.9. The highest BCUT2D eigenvalue weighted by atomic mass is 32.2. The molecule has 116 valence electrons. The fourth-order valence-corrected chi connectivity index (χ4v) is 2.75. The van der Waals surface area contributed by atoms with Gasteiger partial charge in [-0.15, -0.1) is 0 Å². The zero-order chi connectivity index (χ0) is 15.5. The van der Waals surface area contributed by atoms with Gasteiger partial charge >= 0.3 is 6.18 Å². The minimum atomic E-state index is -4.54. The van der Waals surface area contributed by atoms with E-state index >= 15 is 0 Å². The van der Waals surface area contributed by atoms with Crippen molar-refractivity contribution in [2.45, 2.75) is 17.8 Å². The molecule has 0 aliphatic carbocycles. The number of benzene rings is 1. The SMILES string of the molecule is Nc1ccc(NC(=O)CCSC2COC2)cc1C(F)(F)F. The number of hydrogen-bond acceptors (Lipinski definition) is 4. The third-order valence-electron chi connectivity index (χ3n) is 2.93. The number of rotatable bonds is 5. The lowest BCUT2D eigenvalue weighted by Gasteiger charge is -2.24. The number of alkyl halides is 3. The van der Waals surface area contributed by atoms with E-state index in [0.29, 0.717) is 24.2 Å². The lowest BCUT2D eigenvalue weighted by atomic mass is 10.1. The van der Waals surface area contributed by atoms with Crippen molar-refractivity contribution in [1.29, 1.82) is 0 Å². The first-order valence-electron chi connectivity index (χ1n) is 6.32. The number of carbonyl (C=O) groups excluding carboxylic acids is 1. The van der Waals surface area contributed by atoms with Gasteiger partial charge in [-0.25, -0.2) is 0 Å². The molecular formula is C13H15F3N2O2S. The molecule has 0 radical (unpaired) electrons. The topological polar surface area (TPSA) is 64.3 Å². The second kappa shape index (κ2) is 6.57. The van der Waals surface area contributed by atoms with Gasteiger partial charge in [0.1, 0.15) is 0 Å². The van der Waals surface area contributed by atoms with E-state index in [1.165, 1.54) is 6.07 Å². The third-order valence-corrected chi connectivity index (χ3v) is 4.12. The molecule has 1 aliphatic heterocycles. The minimum absolute atomic E-state index is 0.0958. The Hall–Kier alpha value is -1.41. The number of ether oxygens (including phenoxy) is 1. The van der Waals surface area contributed by atoms with E-state index < -0.39 is 11.7 Å². The molecule has 1 aliphatic rings. The number of halogens is 3. The summed E-state index contributed by atoms with van der Waals surface area (Å²) in [4.78, 5) is 11.7. The summed E-state index contributed by atoms with van der Waals surface area (Å²) in [5.74, 6) is 0.293. The quantitative estimate of drug-likeness (QED) is 0.819. The van der Waals surface area contributed by atoms with E-state index in [-0.39, 0.29) is 23.7 Å². The van der Waals surface area contributed by atoms with Crippen LogP contribution in [0.1, 0.15) is 12.0 Å². The number of amides is 1. The first-order valence-corrected chi connectivity index (χ1v) is 7.37. The second-order valence-corrected chi connectivity index (χ2v) is 6.04. The normalized spacial score (nSPS) is 15.6. The molecule has 1 heterocycles. The van der Waals surface area contributed by atoms with Gasteiger partial charge in [0.2, 0.25) is 5.91 Å². The van der Waals surface area contributed by atoms with Crippen LogP contribution in [0.25, 0.3) is 0 Å². The van der Waals surface area contributed by atoms with E-state index in [1.54, 1.807) is 11.8 Å². The van der Waals surface area contributed by atoms with Gasteiger partial charge in [0, 0.05) is 23.5 Å². The van der Waals surface area contributed by atoms with Gasteiger partial charge in [0.25, 0.3) is 0 Å². The molecule has 8 heteroatoms. The van der Waals surface area contributed by atoms with Crippen LogP contribution in [-0.4, -0.2) is 30.1 Å². The molecule has 0 atom stereocenters. The van der Waals surface area contributed by atoms with Crippen LogP contribution in [0.15, 0.2) is 18.2 Å². The fourth-order valence-electron chi connectivity index (χ4n) is 1.73. The molecule has 0 unspecified atom stereocenters. The maximum absolute atomic E-state index is 12.7. The van der Waals surface area contributed by atoms with Crippen LogP contribution in [0.5, 0.6) is 0 Å². The average molecular weight is 320 g/mol. The molecule has 1 amide bonds. The van der Waals surface area contributed by atoms with Gasteiger partial charge in [0.15, 0.2) is 0 Å². The lowest BCUT2D eigenvalue weighted by Crippen LogP contribution is -2.30. The Bertz CT molecular complexity index is 519. The predicted octanol–water partition coefficient (Wildman–Crippen LogP) is 2.75. The second-order valence-electron chi connectivity index (χ2n) is 4.63. The maximum atomic E-state index is 12.7. The van der Waals surface area contributed by atoms with Crippen molar-refractivity contribution in [3.63, 3.8) is 0 Å². The molecular weight excluding hydrogens is 305 g/mol. The van der Waals surface area contributed by atoms with Crippen molar-refractivity contribution in [1.82, 2.24) is 0 Å². The van der Waals surface area contributed by atoms with E-state index in [9.17, 15) is 18.0 Å². The molecule has 3 N–H and O–H groups in total. The van der Waals surface area contributed by atoms with Crippen LogP contribution in [-0.2, 0) is 15.7 Å². The summed E-state index contributed by atoms with van der Waals surface area (Å²) in [5.41, 5.74) is 4.09. The summed E-state index contributed by atoms with van der Waals surface area (Å²) in [6.07, 6.45) is -4.29. The van der Waals surface area contributed by atoms with Crippen molar-refractivity contribution >= 4 is 29.0 Å². The maximum Gasteiger partial charge on any atom is 0.418 e. The number of nitrogens with one attached hydrogen (secondary N) is 1. The van der Waals surface area contributed by atoms with Gasteiger partial charge in [-0.05, 0) is 18.2 Å². The number of hydrogen-bond donors (Lipinski definition) is 2. The average Bonchev–Trinajstić information content (AvgIpc) is 2.33. The van der Waals surface area contributed by atoms with Crippen LogP contribution in [0.3, 0.4) is 0 Å². The molecule has 21 heavy (non-hydrogen) atoms. The van der Waals surface area contributed by atoms with Crippen molar-refractivity contribution in [2.75, 3.05) is 30.0 Å². The van der Waals surface area contributed by atoms with Crippen molar-refractivity contribution < 1.29 is 22.7 Å². The summed E-state index contributed by atoms with van der Waals surface area (Å²) < 4.78 is 43.1. The van der Waals surface area contributed by atoms with Gasteiger partial charge in [0.05, 0.1) is 24.0 Å².